The van der Waals surface area contributed by atoms with E-state index in [0.29, 0.717) is 17.3 Å². The number of nitriles is 1. The first-order valence-corrected chi connectivity index (χ1v) is 9.59. The first-order chi connectivity index (χ1) is 13.8. The van der Waals surface area contributed by atoms with Crippen LogP contribution >= 0.6 is 11.8 Å². The topological polar surface area (TPSA) is 123 Å². The molecular formula is C20H20N2O6S. The minimum absolute atomic E-state index is 0.00229. The first-order valence-electron chi connectivity index (χ1n) is 8.78. The molecule has 9 heteroatoms. The van der Waals surface area contributed by atoms with Crippen LogP contribution in [0.4, 0.5) is 0 Å². The number of esters is 2. The third-order valence-electron chi connectivity index (χ3n) is 4.23. The Morgan fingerprint density at radius 1 is 1.24 bits per heavy atom. The number of thioether (sulfide) groups is 1. The van der Waals surface area contributed by atoms with E-state index in [1.807, 2.05) is 13.0 Å². The van der Waals surface area contributed by atoms with Gasteiger partial charge in [0.1, 0.15) is 12.3 Å². The van der Waals surface area contributed by atoms with E-state index in [1.54, 1.807) is 31.2 Å². The Bertz CT molecular complexity index is 901. The standard InChI is InChI=1S/C20H20N2O6S/c1-4-28-14(23)9-15(24)29-19-13(10-21)16(12-7-5-11(2)6-8-12)17(18(25)22-19)20(26)27-3/h5-8,16-17H,4,9H2,1-3H3,(H,22,25). The highest BCUT2D eigenvalue weighted by molar-refractivity contribution is 8.17. The smallest absolute Gasteiger partial charge is 0.319 e. The summed E-state index contributed by atoms with van der Waals surface area (Å²) in [7, 11) is 1.16. The van der Waals surface area contributed by atoms with Gasteiger partial charge in [0.2, 0.25) is 11.0 Å². The Morgan fingerprint density at radius 2 is 1.90 bits per heavy atom. The maximum absolute atomic E-state index is 12.7. The van der Waals surface area contributed by atoms with E-state index in [2.05, 4.69) is 5.32 Å². The molecule has 2 rings (SSSR count). The van der Waals surface area contributed by atoms with Crippen LogP contribution in [0.15, 0.2) is 34.9 Å². The number of nitrogens with zero attached hydrogens (tertiary/aromatic N) is 1. The van der Waals surface area contributed by atoms with E-state index in [9.17, 15) is 24.4 Å². The first kappa shape index (κ1) is 22.2. The number of hydrogen-bond acceptors (Lipinski definition) is 8. The lowest BCUT2D eigenvalue weighted by molar-refractivity contribution is -0.151. The molecule has 0 saturated heterocycles. The molecule has 1 amide bonds. The van der Waals surface area contributed by atoms with Crippen molar-refractivity contribution in [3.8, 4) is 6.07 Å². The fourth-order valence-electron chi connectivity index (χ4n) is 2.90. The number of hydrogen-bond donors (Lipinski definition) is 1. The lowest BCUT2D eigenvalue weighted by Gasteiger charge is -2.30. The normalized spacial score (nSPS) is 18.5. The van der Waals surface area contributed by atoms with Gasteiger partial charge in [-0.05, 0) is 31.2 Å². The largest absolute Gasteiger partial charge is 0.468 e. The lowest BCUT2D eigenvalue weighted by atomic mass is 9.78. The van der Waals surface area contributed by atoms with Gasteiger partial charge in [0.15, 0.2) is 0 Å². The van der Waals surface area contributed by atoms with Gasteiger partial charge in [-0.3, -0.25) is 19.2 Å². The number of nitrogens with one attached hydrogen (secondary N) is 1. The average molecular weight is 416 g/mol. The molecule has 29 heavy (non-hydrogen) atoms. The molecule has 0 saturated carbocycles. The molecule has 0 radical (unpaired) electrons. The Balaban J connectivity index is 2.46. The van der Waals surface area contributed by atoms with Crippen LogP contribution in [0.5, 0.6) is 0 Å². The summed E-state index contributed by atoms with van der Waals surface area (Å²) in [6.07, 6.45) is -0.508. The number of amides is 1. The maximum atomic E-state index is 12.7. The molecule has 1 aliphatic rings. The number of benzene rings is 1. The second kappa shape index (κ2) is 9.89. The molecule has 2 unspecified atom stereocenters. The fourth-order valence-corrected chi connectivity index (χ4v) is 3.75. The highest BCUT2D eigenvalue weighted by Gasteiger charge is 2.44. The molecule has 0 aliphatic carbocycles. The minimum Gasteiger partial charge on any atom is -0.468 e. The van der Waals surface area contributed by atoms with E-state index in [0.717, 1.165) is 12.7 Å². The summed E-state index contributed by atoms with van der Waals surface area (Å²) in [5.41, 5.74) is 1.57. The van der Waals surface area contributed by atoms with Crippen molar-refractivity contribution in [1.29, 1.82) is 5.26 Å². The zero-order valence-corrected chi connectivity index (χ0v) is 17.0. The number of carbonyl (C=O) groups excluding carboxylic acids is 4. The lowest BCUT2D eigenvalue weighted by Crippen LogP contribution is -2.44. The van der Waals surface area contributed by atoms with Gasteiger partial charge in [0, 0.05) is 5.92 Å². The molecule has 8 nitrogen and oxygen atoms in total. The summed E-state index contributed by atoms with van der Waals surface area (Å²) in [6.45, 7) is 3.63. The molecule has 1 N–H and O–H groups in total. The summed E-state index contributed by atoms with van der Waals surface area (Å²) < 4.78 is 9.50. The predicted molar refractivity (Wildman–Crippen MR) is 104 cm³/mol. The molecule has 1 aromatic rings. The monoisotopic (exact) mass is 416 g/mol. The number of ether oxygens (including phenoxy) is 2. The number of methoxy groups -OCH3 is 1. The van der Waals surface area contributed by atoms with Crippen LogP contribution in [-0.2, 0) is 28.7 Å². The Kier molecular flexibility index (Phi) is 7.56. The summed E-state index contributed by atoms with van der Waals surface area (Å²) >= 11 is 0.567. The van der Waals surface area contributed by atoms with Crippen LogP contribution in [-0.4, -0.2) is 36.7 Å². The van der Waals surface area contributed by atoms with E-state index >= 15 is 0 Å². The molecule has 0 fully saturated rings. The van der Waals surface area contributed by atoms with Crippen molar-refractivity contribution in [2.24, 2.45) is 5.92 Å². The van der Waals surface area contributed by atoms with Gasteiger partial charge in [0.25, 0.3) is 0 Å². The Labute approximate surface area is 172 Å². The minimum atomic E-state index is -1.28. The molecule has 0 spiro atoms. The number of aryl methyl sites for hydroxylation is 1. The summed E-state index contributed by atoms with van der Waals surface area (Å²) in [6, 6.07) is 9.02. The highest BCUT2D eigenvalue weighted by Crippen LogP contribution is 2.40. The van der Waals surface area contributed by atoms with Gasteiger partial charge in [-0.15, -0.1) is 0 Å². The predicted octanol–water partition coefficient (Wildman–Crippen LogP) is 1.95. The number of rotatable bonds is 6. The molecule has 1 aromatic carbocycles. The van der Waals surface area contributed by atoms with Crippen LogP contribution < -0.4 is 5.32 Å². The summed E-state index contributed by atoms with van der Waals surface area (Å²) in [5, 5.41) is 11.6. The van der Waals surface area contributed by atoms with Crippen molar-refractivity contribution in [1.82, 2.24) is 5.32 Å². The zero-order valence-electron chi connectivity index (χ0n) is 16.2. The van der Waals surface area contributed by atoms with Crippen molar-refractivity contribution in [2.75, 3.05) is 13.7 Å². The molecule has 0 bridgehead atoms. The number of allylic oxidation sites excluding steroid dienone is 1. The van der Waals surface area contributed by atoms with Gasteiger partial charge < -0.3 is 14.8 Å². The number of carbonyl (C=O) groups is 4. The quantitative estimate of drug-likeness (QED) is 0.551. The zero-order chi connectivity index (χ0) is 21.6. The fraction of sp³-hybridized carbons (Fsp3) is 0.350. The van der Waals surface area contributed by atoms with Crippen molar-refractivity contribution in [3.05, 3.63) is 46.0 Å². The van der Waals surface area contributed by atoms with Gasteiger partial charge in [-0.25, -0.2) is 0 Å². The van der Waals surface area contributed by atoms with Crippen LogP contribution in [0.3, 0.4) is 0 Å². The van der Waals surface area contributed by atoms with E-state index in [4.69, 9.17) is 9.47 Å². The van der Waals surface area contributed by atoms with Crippen molar-refractivity contribution >= 4 is 34.7 Å². The maximum Gasteiger partial charge on any atom is 0.319 e. The van der Waals surface area contributed by atoms with Crippen molar-refractivity contribution < 1.29 is 28.7 Å². The van der Waals surface area contributed by atoms with Crippen molar-refractivity contribution in [3.63, 3.8) is 0 Å². The van der Waals surface area contributed by atoms with Gasteiger partial charge in [0.05, 0.1) is 30.4 Å². The highest BCUT2D eigenvalue weighted by atomic mass is 32.2. The third kappa shape index (κ3) is 5.23. The van der Waals surface area contributed by atoms with Crippen LogP contribution in [0.1, 0.15) is 30.4 Å². The molecular weight excluding hydrogens is 396 g/mol. The SMILES string of the molecule is CCOC(=O)CC(=O)SC1=C(C#N)C(c2ccc(C)cc2)C(C(=O)OC)C(=O)N1. The molecule has 0 aromatic heterocycles. The second-order valence-corrected chi connectivity index (χ2v) is 7.26. The van der Waals surface area contributed by atoms with Crippen molar-refractivity contribution in [2.45, 2.75) is 26.2 Å². The molecule has 1 aliphatic heterocycles. The Hall–Kier alpha value is -3.12. The molecule has 1 heterocycles. The van der Waals surface area contributed by atoms with E-state index in [-0.39, 0.29) is 17.2 Å². The van der Waals surface area contributed by atoms with E-state index < -0.39 is 41.2 Å². The van der Waals surface area contributed by atoms with E-state index in [1.165, 1.54) is 0 Å². The Morgan fingerprint density at radius 3 is 2.45 bits per heavy atom. The van der Waals surface area contributed by atoms with Crippen LogP contribution in [0.2, 0.25) is 0 Å². The summed E-state index contributed by atoms with van der Waals surface area (Å²) in [5.74, 6) is -4.37. The van der Waals surface area contributed by atoms with Crippen LogP contribution in [0.25, 0.3) is 0 Å². The second-order valence-electron chi connectivity index (χ2n) is 6.19. The van der Waals surface area contributed by atoms with Gasteiger partial charge in [-0.1, -0.05) is 29.8 Å². The molecule has 152 valence electrons. The average Bonchev–Trinajstić information content (AvgIpc) is 2.67. The summed E-state index contributed by atoms with van der Waals surface area (Å²) in [4.78, 5) is 48.7. The van der Waals surface area contributed by atoms with Gasteiger partial charge >= 0.3 is 11.9 Å². The molecule has 2 atom stereocenters. The van der Waals surface area contributed by atoms with Crippen LogP contribution in [0, 0.1) is 24.2 Å². The third-order valence-corrected chi connectivity index (χ3v) is 5.13. The van der Waals surface area contributed by atoms with Gasteiger partial charge in [-0.2, -0.15) is 5.26 Å².